The number of benzene rings is 1. The third kappa shape index (κ3) is 1.46. The Balaban J connectivity index is 2.83. The molecule has 1 aromatic carbocycles. The Kier molecular flexibility index (Phi) is 2.08. The summed E-state index contributed by atoms with van der Waals surface area (Å²) >= 11 is -1.93. The molecule has 2 rings (SSSR count). The normalized spacial score (nSPS) is 13.0. The van der Waals surface area contributed by atoms with Gasteiger partial charge in [-0.05, 0) is 12.1 Å². The third-order valence-electron chi connectivity index (χ3n) is 1.83. The summed E-state index contributed by atoms with van der Waals surface area (Å²) in [6.07, 6.45) is 3.28. The summed E-state index contributed by atoms with van der Waals surface area (Å²) in [5.74, 6) is 0. The highest BCUT2D eigenvalue weighted by Gasteiger charge is 2.04. The average molecular weight is 193 g/mol. The van der Waals surface area contributed by atoms with Gasteiger partial charge in [-0.15, -0.1) is 0 Å². The molecule has 4 heteroatoms. The predicted molar refractivity (Wildman–Crippen MR) is 50.8 cm³/mol. The summed E-state index contributed by atoms with van der Waals surface area (Å²) in [6.45, 7) is 0. The Morgan fingerprint density at radius 2 is 2.15 bits per heavy atom. The number of aromatic nitrogens is 1. The van der Waals surface area contributed by atoms with Crippen LogP contribution in [0.25, 0.3) is 10.8 Å². The lowest BCUT2D eigenvalue weighted by molar-refractivity contribution is 0.565. The lowest BCUT2D eigenvalue weighted by atomic mass is 10.2. The Bertz CT molecular complexity index is 465. The lowest BCUT2D eigenvalue weighted by Crippen LogP contribution is -1.89. The van der Waals surface area contributed by atoms with Crippen molar-refractivity contribution in [2.24, 2.45) is 0 Å². The second-order valence-electron chi connectivity index (χ2n) is 2.60. The van der Waals surface area contributed by atoms with Gasteiger partial charge in [0.15, 0.2) is 11.1 Å². The van der Waals surface area contributed by atoms with Crippen LogP contribution in [-0.2, 0) is 11.1 Å². The maximum atomic E-state index is 10.9. The van der Waals surface area contributed by atoms with E-state index in [1.54, 1.807) is 30.6 Å². The zero-order valence-electron chi connectivity index (χ0n) is 6.68. The van der Waals surface area contributed by atoms with Crippen molar-refractivity contribution in [3.63, 3.8) is 0 Å². The van der Waals surface area contributed by atoms with E-state index >= 15 is 0 Å². The van der Waals surface area contributed by atoms with Crippen LogP contribution in [0.5, 0.6) is 0 Å². The van der Waals surface area contributed by atoms with E-state index in [2.05, 4.69) is 4.98 Å². The Morgan fingerprint density at radius 3 is 2.92 bits per heavy atom. The fourth-order valence-corrected chi connectivity index (χ4v) is 1.81. The molecule has 1 atom stereocenters. The van der Waals surface area contributed by atoms with Gasteiger partial charge in [0.25, 0.3) is 0 Å². The van der Waals surface area contributed by atoms with E-state index in [0.717, 1.165) is 10.8 Å². The van der Waals surface area contributed by atoms with E-state index < -0.39 is 11.1 Å². The van der Waals surface area contributed by atoms with Crippen LogP contribution in [0.15, 0.2) is 41.6 Å². The van der Waals surface area contributed by atoms with Crippen molar-refractivity contribution in [2.75, 3.05) is 0 Å². The van der Waals surface area contributed by atoms with Crippen LogP contribution in [0, 0.1) is 0 Å². The first-order valence-corrected chi connectivity index (χ1v) is 4.83. The Hall–Kier alpha value is -1.26. The maximum Gasteiger partial charge on any atom is 0.187 e. The summed E-state index contributed by atoms with van der Waals surface area (Å²) < 4.78 is 19.9. The molecule has 1 aromatic heterocycles. The number of hydrogen-bond acceptors (Lipinski definition) is 2. The first kappa shape index (κ1) is 8.34. The Labute approximate surface area is 77.7 Å². The number of fused-ring (bicyclic) bond motifs is 1. The highest BCUT2D eigenvalue weighted by atomic mass is 32.2. The van der Waals surface area contributed by atoms with Crippen LogP contribution in [0.1, 0.15) is 0 Å². The van der Waals surface area contributed by atoms with Gasteiger partial charge >= 0.3 is 0 Å². The average Bonchev–Trinajstić information content (AvgIpc) is 2.17. The number of hydrogen-bond donors (Lipinski definition) is 1. The van der Waals surface area contributed by atoms with Gasteiger partial charge in [0.05, 0.1) is 4.90 Å². The fourth-order valence-electron chi connectivity index (χ4n) is 1.25. The molecule has 66 valence electrons. The van der Waals surface area contributed by atoms with Crippen molar-refractivity contribution in [2.45, 2.75) is 4.90 Å². The SMILES string of the molecule is O=S(O)c1cccc2cnccc12. The monoisotopic (exact) mass is 193 g/mol. The van der Waals surface area contributed by atoms with Crippen LogP contribution in [0.3, 0.4) is 0 Å². The highest BCUT2D eigenvalue weighted by Crippen LogP contribution is 2.19. The zero-order valence-corrected chi connectivity index (χ0v) is 7.49. The van der Waals surface area contributed by atoms with Crippen molar-refractivity contribution >= 4 is 21.9 Å². The summed E-state index contributed by atoms with van der Waals surface area (Å²) in [6, 6.07) is 6.98. The molecule has 1 unspecified atom stereocenters. The van der Waals surface area contributed by atoms with Gasteiger partial charge in [-0.25, -0.2) is 4.21 Å². The summed E-state index contributed by atoms with van der Waals surface area (Å²) in [7, 11) is 0. The second-order valence-corrected chi connectivity index (χ2v) is 3.54. The molecule has 0 aliphatic heterocycles. The molecule has 0 aliphatic rings. The van der Waals surface area contributed by atoms with Crippen molar-refractivity contribution in [3.05, 3.63) is 36.7 Å². The molecule has 1 N–H and O–H groups in total. The molecular formula is C9H7NO2S. The first-order chi connectivity index (χ1) is 6.29. The molecule has 2 aromatic rings. The van der Waals surface area contributed by atoms with Crippen LogP contribution >= 0.6 is 0 Å². The minimum atomic E-state index is -1.93. The van der Waals surface area contributed by atoms with Crippen LogP contribution < -0.4 is 0 Å². The summed E-state index contributed by atoms with van der Waals surface area (Å²) in [4.78, 5) is 4.36. The van der Waals surface area contributed by atoms with Gasteiger partial charge in [-0.1, -0.05) is 12.1 Å². The van der Waals surface area contributed by atoms with Crippen molar-refractivity contribution in [3.8, 4) is 0 Å². The molecule has 0 radical (unpaired) electrons. The minimum Gasteiger partial charge on any atom is -0.302 e. The van der Waals surface area contributed by atoms with E-state index in [4.69, 9.17) is 4.55 Å². The van der Waals surface area contributed by atoms with Gasteiger partial charge < -0.3 is 4.55 Å². The topological polar surface area (TPSA) is 50.2 Å². The van der Waals surface area contributed by atoms with Gasteiger partial charge in [0.1, 0.15) is 0 Å². The molecular weight excluding hydrogens is 186 g/mol. The van der Waals surface area contributed by atoms with Crippen LogP contribution in [0.4, 0.5) is 0 Å². The largest absolute Gasteiger partial charge is 0.302 e. The van der Waals surface area contributed by atoms with E-state index in [9.17, 15) is 4.21 Å². The van der Waals surface area contributed by atoms with Crippen molar-refractivity contribution in [1.82, 2.24) is 4.98 Å². The number of rotatable bonds is 1. The maximum absolute atomic E-state index is 10.9. The quantitative estimate of drug-likeness (QED) is 0.703. The van der Waals surface area contributed by atoms with Gasteiger partial charge in [0.2, 0.25) is 0 Å². The highest BCUT2D eigenvalue weighted by molar-refractivity contribution is 7.79. The number of nitrogens with zero attached hydrogens (tertiary/aromatic N) is 1. The summed E-state index contributed by atoms with van der Waals surface area (Å²) in [5.41, 5.74) is 0. The van der Waals surface area contributed by atoms with Crippen molar-refractivity contribution in [1.29, 1.82) is 0 Å². The zero-order chi connectivity index (χ0) is 9.26. The molecule has 0 bridgehead atoms. The molecule has 3 nitrogen and oxygen atoms in total. The van der Waals surface area contributed by atoms with Gasteiger partial charge in [-0.3, -0.25) is 4.98 Å². The minimum absolute atomic E-state index is 0.430. The van der Waals surface area contributed by atoms with E-state index in [-0.39, 0.29) is 0 Å². The van der Waals surface area contributed by atoms with E-state index in [0.29, 0.717) is 4.90 Å². The smallest absolute Gasteiger partial charge is 0.187 e. The first-order valence-electron chi connectivity index (χ1n) is 3.72. The predicted octanol–water partition coefficient (Wildman–Crippen LogP) is 1.82. The van der Waals surface area contributed by atoms with E-state index in [1.807, 2.05) is 6.07 Å². The van der Waals surface area contributed by atoms with Crippen LogP contribution in [-0.4, -0.2) is 13.7 Å². The third-order valence-corrected chi connectivity index (χ3v) is 2.56. The summed E-state index contributed by atoms with van der Waals surface area (Å²) in [5, 5.41) is 1.65. The second kappa shape index (κ2) is 3.24. The molecule has 0 saturated carbocycles. The van der Waals surface area contributed by atoms with Crippen molar-refractivity contribution < 1.29 is 8.76 Å². The molecule has 0 spiro atoms. The van der Waals surface area contributed by atoms with Gasteiger partial charge in [-0.2, -0.15) is 0 Å². The van der Waals surface area contributed by atoms with Gasteiger partial charge in [0, 0.05) is 23.2 Å². The lowest BCUT2D eigenvalue weighted by Gasteiger charge is -2.00. The molecule has 13 heavy (non-hydrogen) atoms. The molecule has 1 heterocycles. The number of pyridine rings is 1. The molecule has 0 amide bonds. The molecule has 0 aliphatic carbocycles. The molecule has 0 fully saturated rings. The fraction of sp³-hybridized carbons (Fsp3) is 0. The van der Waals surface area contributed by atoms with Crippen LogP contribution in [0.2, 0.25) is 0 Å². The molecule has 0 saturated heterocycles. The Morgan fingerprint density at radius 1 is 1.31 bits per heavy atom. The van der Waals surface area contributed by atoms with E-state index in [1.165, 1.54) is 0 Å². The standard InChI is InChI=1S/C9H7NO2S/c11-13(12)9-3-1-2-7-6-10-5-4-8(7)9/h1-6H,(H,11,12).